The van der Waals surface area contributed by atoms with Crippen LogP contribution < -0.4 is 0 Å². The molecule has 0 spiro atoms. The van der Waals surface area contributed by atoms with Gasteiger partial charge in [0.25, 0.3) is 0 Å². The molecule has 0 saturated heterocycles. The first-order valence-corrected chi connectivity index (χ1v) is 0.993. The highest BCUT2D eigenvalue weighted by atomic mass is 32.1. The first-order valence-electron chi connectivity index (χ1n) is 0.476. The van der Waals surface area contributed by atoms with Gasteiger partial charge in [-0.3, -0.25) is 0 Å². The zero-order chi connectivity index (χ0) is 4.00. The summed E-state index contributed by atoms with van der Waals surface area (Å²) in [6.07, 6.45) is 0. The van der Waals surface area contributed by atoms with Gasteiger partial charge < -0.3 is 4.32 Å². The Morgan fingerprint density at radius 2 is 1.25 bits per heavy atom. The average molecular weight is 73.7 g/mol. The van der Waals surface area contributed by atoms with Crippen LogP contribution in [0.4, 0.5) is 4.32 Å². The van der Waals surface area contributed by atoms with Gasteiger partial charge in [-0.05, 0) is 0 Å². The molecule has 0 bridgehead atoms. The highest BCUT2D eigenvalue weighted by Crippen LogP contribution is 1.26. The monoisotopic (exact) mass is 74.0 g/mol. The fraction of sp³-hybridized carbons (Fsp3) is 0. The first-order chi connectivity index (χ1) is 2.00. The van der Waals surface area contributed by atoms with Gasteiger partial charge in [-0.15, -0.1) is 0 Å². The van der Waals surface area contributed by atoms with E-state index in [-0.39, 0.29) is 0 Å². The Balaban J connectivity index is 0. The Kier molecular flexibility index (Phi) is 260. The maximum absolute atomic E-state index is 9.00. The normalized spacial score (nSPS) is 2.50. The number of rotatable bonds is 0. The van der Waals surface area contributed by atoms with E-state index in [1.807, 2.05) is 0 Å². The molecule has 0 nitrogen and oxygen atoms in total. The molecule has 0 aliphatic rings. The second-order valence-corrected chi connectivity index (χ2v) is 0. The summed E-state index contributed by atoms with van der Waals surface area (Å²) < 4.78 is 9.00. The molecule has 20 valence electrons. The molecule has 4 heavy (non-hydrogen) atoms. The fourth-order valence-electron chi connectivity index (χ4n) is 0. The minimum atomic E-state index is 3.00. The van der Waals surface area contributed by atoms with Gasteiger partial charge in [-0.1, -0.05) is 0 Å². The van der Waals surface area contributed by atoms with Crippen LogP contribution in [0.2, 0.25) is 0 Å². The number of hydrogen-bond acceptors (Lipinski definition) is 1. The van der Waals surface area contributed by atoms with Crippen molar-refractivity contribution in [3.63, 3.8) is 0 Å². The van der Waals surface area contributed by atoms with Crippen molar-refractivity contribution in [1.29, 1.82) is 0 Å². The van der Waals surface area contributed by atoms with Crippen molar-refractivity contribution in [3.8, 4) is 0 Å². The van der Waals surface area contributed by atoms with Crippen LogP contribution in [-0.2, 0) is 0 Å². The number of thiol groups is 1. The van der Waals surface area contributed by atoms with E-state index in [9.17, 15) is 0 Å². The van der Waals surface area contributed by atoms with Gasteiger partial charge in [-0.25, -0.2) is 12.5 Å². The van der Waals surface area contributed by atoms with Gasteiger partial charge in [0.2, 0.25) is 0 Å². The zero-order valence-electron chi connectivity index (χ0n) is 1.98. The van der Waals surface area contributed by atoms with Crippen molar-refractivity contribution in [1.82, 2.24) is 0 Å². The molecule has 4 heteroatoms. The van der Waals surface area contributed by atoms with E-state index in [0.717, 1.165) is 0 Å². The Labute approximate surface area is 33.0 Å². The van der Waals surface area contributed by atoms with Crippen LogP contribution in [0.3, 0.4) is 0 Å². The van der Waals surface area contributed by atoms with Gasteiger partial charge in [0.05, 0.1) is 0 Å². The lowest BCUT2D eigenvalue weighted by molar-refractivity contribution is 0.902. The third-order valence-electron chi connectivity index (χ3n) is 0. The Hall–Kier alpha value is 0.410. The molecule has 0 aromatic heterocycles. The highest BCUT2D eigenvalue weighted by Gasteiger charge is 1.06. The average Bonchev–Trinajstić information content (AvgIpc) is 1.50. The lowest BCUT2D eigenvalue weighted by Crippen LogP contribution is -1.06. The molecule has 0 aromatic rings. The molecule has 0 N–H and O–H groups in total. The summed E-state index contributed by atoms with van der Waals surface area (Å²) in [5.41, 5.74) is 0. The topological polar surface area (TPSA) is 0 Å². The molecule has 0 aliphatic carbocycles. The van der Waals surface area contributed by atoms with Crippen LogP contribution in [-0.4, -0.2) is 15.2 Å². The minimum Gasteiger partial charge on any atom is -0.350 e. The largest absolute Gasteiger partial charge is 0.350 e. The molecule has 0 atom stereocenters. The van der Waals surface area contributed by atoms with Crippen LogP contribution in [0.1, 0.15) is 0 Å². The van der Waals surface area contributed by atoms with E-state index in [1.54, 1.807) is 0 Å². The van der Waals surface area contributed by atoms with Gasteiger partial charge in [-0.2, -0.15) is 0 Å². The molecule has 0 rings (SSSR count). The third kappa shape index (κ3) is 28.5. The van der Waals surface area contributed by atoms with Crippen molar-refractivity contribution >= 4 is 27.7 Å². The van der Waals surface area contributed by atoms with Crippen LogP contribution in [0.15, 0.2) is 0 Å². The van der Waals surface area contributed by atoms with Gasteiger partial charge in [0, 0.05) is 0 Å². The SMILES string of the molecule is [B]F.[B]S. The third-order valence-corrected chi connectivity index (χ3v) is 0. The molecule has 0 aromatic carbocycles. The summed E-state index contributed by atoms with van der Waals surface area (Å²) in [7, 11) is 7.19. The molecule has 0 aliphatic heterocycles. The standard InChI is InChI=1S/BF.BHS/c2*1-2/h;2H. The Morgan fingerprint density at radius 1 is 1.25 bits per heavy atom. The second kappa shape index (κ2) is 118. The summed E-state index contributed by atoms with van der Waals surface area (Å²) in [6.45, 7) is 0. The minimum absolute atomic E-state index is 3.00. The smallest absolute Gasteiger partial charge is 0.350 e. The lowest BCUT2D eigenvalue weighted by Gasteiger charge is -1.06. The van der Waals surface area contributed by atoms with Crippen molar-refractivity contribution in [2.24, 2.45) is 0 Å². The summed E-state index contributed by atoms with van der Waals surface area (Å²) >= 11 is 3.03. The van der Waals surface area contributed by atoms with Crippen molar-refractivity contribution in [3.05, 3.63) is 0 Å². The summed E-state index contributed by atoms with van der Waals surface area (Å²) in [6, 6.07) is 0. The molecular weight excluding hydrogens is 72.7 g/mol. The van der Waals surface area contributed by atoms with Gasteiger partial charge >= 0.3 is 8.12 Å². The van der Waals surface area contributed by atoms with E-state index in [4.69, 9.17) is 4.32 Å². The maximum atomic E-state index is 9.00. The first kappa shape index (κ1) is 8.83. The fourth-order valence-corrected chi connectivity index (χ4v) is 0. The van der Waals surface area contributed by atoms with Crippen LogP contribution in [0.25, 0.3) is 0 Å². The molecule has 0 saturated carbocycles. The predicted octanol–water partition coefficient (Wildman–Crippen LogP) is 0.0391. The Morgan fingerprint density at radius 3 is 1.25 bits per heavy atom. The molecule has 0 fully saturated rings. The summed E-state index contributed by atoms with van der Waals surface area (Å²) in [5.74, 6) is 0. The number of hydrogen-bond donors (Lipinski definition) is 1. The zero-order valence-corrected chi connectivity index (χ0v) is 2.87. The van der Waals surface area contributed by atoms with E-state index < -0.39 is 0 Å². The van der Waals surface area contributed by atoms with Crippen LogP contribution in [0.5, 0.6) is 0 Å². The van der Waals surface area contributed by atoms with E-state index >= 15 is 0 Å². The summed E-state index contributed by atoms with van der Waals surface area (Å²) in [5, 5.41) is 0. The van der Waals surface area contributed by atoms with Crippen molar-refractivity contribution in [2.75, 3.05) is 0 Å². The lowest BCUT2D eigenvalue weighted by atomic mass is 10.7. The molecule has 0 heterocycles. The van der Waals surface area contributed by atoms with Crippen molar-refractivity contribution in [2.45, 2.75) is 0 Å². The maximum Gasteiger partial charge on any atom is 0.350 e. The second-order valence-electron chi connectivity index (χ2n) is 0. The van der Waals surface area contributed by atoms with Crippen LogP contribution >= 0.6 is 12.5 Å². The van der Waals surface area contributed by atoms with Crippen LogP contribution in [0, 0.1) is 0 Å². The molecule has 0 unspecified atom stereocenters. The quantitative estimate of drug-likeness (QED) is 0.304. The van der Waals surface area contributed by atoms with E-state index in [0.29, 0.717) is 0 Å². The van der Waals surface area contributed by atoms with E-state index in [2.05, 4.69) is 27.7 Å². The molecule has 4 radical (unpaired) electrons. The van der Waals surface area contributed by atoms with Crippen molar-refractivity contribution < 1.29 is 4.32 Å². The predicted molar refractivity (Wildman–Crippen MR) is 21.6 cm³/mol. The Bertz CT molecular complexity index is 6.00. The number of halogens is 1. The highest BCUT2D eigenvalue weighted by molar-refractivity contribution is 8.03. The summed E-state index contributed by atoms with van der Waals surface area (Å²) in [4.78, 5) is 0. The van der Waals surface area contributed by atoms with E-state index in [1.165, 1.54) is 0 Å². The van der Waals surface area contributed by atoms with Gasteiger partial charge in [0.15, 0.2) is 7.12 Å². The van der Waals surface area contributed by atoms with Gasteiger partial charge in [0.1, 0.15) is 0 Å². The molecule has 0 amide bonds. The molecular formula is HB2FS.